The molecule has 2 unspecified atom stereocenters. The molecule has 2 aromatic carbocycles. The minimum atomic E-state index is -0.566. The van der Waals surface area contributed by atoms with Crippen LogP contribution in [0.2, 0.25) is 0 Å². The van der Waals surface area contributed by atoms with Gasteiger partial charge in [0.1, 0.15) is 18.5 Å². The maximum Gasteiger partial charge on any atom is 0.128 e. The van der Waals surface area contributed by atoms with Crippen LogP contribution in [0.4, 0.5) is 0 Å². The summed E-state index contributed by atoms with van der Waals surface area (Å²) < 4.78 is 5.96. The third-order valence-corrected chi connectivity index (χ3v) is 6.27. The van der Waals surface area contributed by atoms with E-state index >= 15 is 0 Å². The number of nitrogens with zero attached hydrogens (tertiary/aromatic N) is 5. The van der Waals surface area contributed by atoms with Gasteiger partial charge in [0.05, 0.1) is 17.3 Å². The van der Waals surface area contributed by atoms with Gasteiger partial charge in [-0.2, -0.15) is 10.2 Å². The molecular formula is C27H29N5O2. The van der Waals surface area contributed by atoms with Crippen LogP contribution in [0.25, 0.3) is 10.9 Å². The predicted molar refractivity (Wildman–Crippen MR) is 132 cm³/mol. The number of fused-ring (bicyclic) bond motifs is 1. The molecule has 0 amide bonds. The van der Waals surface area contributed by atoms with Crippen molar-refractivity contribution in [3.63, 3.8) is 0 Å². The molecule has 2 aromatic heterocycles. The number of benzene rings is 2. The molecule has 0 radical (unpaired) electrons. The van der Waals surface area contributed by atoms with Gasteiger partial charge >= 0.3 is 0 Å². The molecule has 0 spiro atoms. The first-order valence-electron chi connectivity index (χ1n) is 11.7. The number of piperazine rings is 1. The molecule has 4 aromatic rings. The Kier molecular flexibility index (Phi) is 7.05. The zero-order valence-electron chi connectivity index (χ0n) is 19.1. The second-order valence-electron chi connectivity index (χ2n) is 8.59. The Morgan fingerprint density at radius 3 is 2.47 bits per heavy atom. The molecule has 5 rings (SSSR count). The highest BCUT2D eigenvalue weighted by Crippen LogP contribution is 2.28. The fourth-order valence-electron chi connectivity index (χ4n) is 4.61. The highest BCUT2D eigenvalue weighted by molar-refractivity contribution is 5.84. The molecule has 174 valence electrons. The smallest absolute Gasteiger partial charge is 0.128 e. The zero-order chi connectivity index (χ0) is 23.2. The van der Waals surface area contributed by atoms with Gasteiger partial charge in [0.2, 0.25) is 0 Å². The van der Waals surface area contributed by atoms with Crippen LogP contribution < -0.4 is 4.74 Å². The van der Waals surface area contributed by atoms with Gasteiger partial charge in [0, 0.05) is 50.5 Å². The number of rotatable bonds is 8. The van der Waals surface area contributed by atoms with E-state index in [1.807, 2.05) is 48.5 Å². The molecule has 34 heavy (non-hydrogen) atoms. The monoisotopic (exact) mass is 455 g/mol. The van der Waals surface area contributed by atoms with Crippen LogP contribution in [0.15, 0.2) is 85.2 Å². The van der Waals surface area contributed by atoms with Crippen molar-refractivity contribution in [3.05, 3.63) is 96.4 Å². The first-order chi connectivity index (χ1) is 16.8. The second kappa shape index (κ2) is 10.7. The Morgan fingerprint density at radius 2 is 1.68 bits per heavy atom. The number of ether oxygens (including phenoxy) is 1. The Balaban J connectivity index is 1.17. The predicted octanol–water partition coefficient (Wildman–Crippen LogP) is 3.17. The summed E-state index contributed by atoms with van der Waals surface area (Å²) >= 11 is 0. The van der Waals surface area contributed by atoms with Crippen LogP contribution in [0, 0.1) is 0 Å². The number of aliphatic hydroxyl groups is 1. The lowest BCUT2D eigenvalue weighted by Crippen LogP contribution is -2.50. The van der Waals surface area contributed by atoms with E-state index in [2.05, 4.69) is 49.2 Å². The Hall–Kier alpha value is -3.39. The summed E-state index contributed by atoms with van der Waals surface area (Å²) in [5.74, 6) is 0.754. The van der Waals surface area contributed by atoms with Gasteiger partial charge < -0.3 is 9.84 Å². The number of aromatic nitrogens is 3. The van der Waals surface area contributed by atoms with Gasteiger partial charge in [-0.15, -0.1) is 0 Å². The lowest BCUT2D eigenvalue weighted by molar-refractivity contribution is 0.0399. The summed E-state index contributed by atoms with van der Waals surface area (Å²) in [5.41, 5.74) is 3.07. The molecule has 2 atom stereocenters. The van der Waals surface area contributed by atoms with Gasteiger partial charge in [-0.3, -0.25) is 14.8 Å². The molecule has 0 bridgehead atoms. The van der Waals surface area contributed by atoms with Gasteiger partial charge in [-0.1, -0.05) is 36.4 Å². The summed E-state index contributed by atoms with van der Waals surface area (Å²) in [7, 11) is 0. The first kappa shape index (κ1) is 22.4. The van der Waals surface area contributed by atoms with Gasteiger partial charge in [0.25, 0.3) is 0 Å². The normalized spacial score (nSPS) is 16.9. The van der Waals surface area contributed by atoms with Crippen molar-refractivity contribution in [2.45, 2.75) is 12.1 Å². The van der Waals surface area contributed by atoms with Crippen molar-refractivity contribution < 1.29 is 9.84 Å². The zero-order valence-corrected chi connectivity index (χ0v) is 19.1. The van der Waals surface area contributed by atoms with Crippen LogP contribution in [0.1, 0.15) is 17.3 Å². The lowest BCUT2D eigenvalue weighted by atomic mass is 10.0. The number of hydrogen-bond acceptors (Lipinski definition) is 7. The summed E-state index contributed by atoms with van der Waals surface area (Å²) in [6, 6.07) is 24.2. The molecule has 1 fully saturated rings. The molecular weight excluding hydrogens is 426 g/mol. The van der Waals surface area contributed by atoms with E-state index < -0.39 is 6.10 Å². The minimum Gasteiger partial charge on any atom is -0.490 e. The highest BCUT2D eigenvalue weighted by atomic mass is 16.5. The van der Waals surface area contributed by atoms with Crippen LogP contribution in [-0.4, -0.2) is 75.5 Å². The molecule has 1 saturated heterocycles. The topological polar surface area (TPSA) is 74.6 Å². The highest BCUT2D eigenvalue weighted by Gasteiger charge is 2.28. The molecule has 3 heterocycles. The average Bonchev–Trinajstić information content (AvgIpc) is 2.90. The Labute approximate surface area is 199 Å². The molecule has 0 aliphatic carbocycles. The quantitative estimate of drug-likeness (QED) is 0.437. The van der Waals surface area contributed by atoms with E-state index in [0.717, 1.165) is 48.5 Å². The molecule has 1 aliphatic heterocycles. The van der Waals surface area contributed by atoms with Crippen molar-refractivity contribution >= 4 is 10.9 Å². The second-order valence-corrected chi connectivity index (χ2v) is 8.59. The summed E-state index contributed by atoms with van der Waals surface area (Å²) in [6.45, 7) is 4.35. The molecule has 1 N–H and O–H groups in total. The molecule has 7 heteroatoms. The number of aliphatic hydroxyl groups excluding tert-OH is 1. The third kappa shape index (κ3) is 5.22. The maximum atomic E-state index is 10.7. The standard InChI is InChI=1S/C27H29N5O2/c33-22(20-34-26-12-4-10-24-23(26)9-5-13-28-24)19-31-15-17-32(18-16-31)27(21-7-2-1-3-8-21)25-11-6-14-29-30-25/h1-14,22,27,33H,15-20H2. The van der Waals surface area contributed by atoms with Crippen molar-refractivity contribution in [2.75, 3.05) is 39.3 Å². The van der Waals surface area contributed by atoms with E-state index in [-0.39, 0.29) is 12.6 Å². The van der Waals surface area contributed by atoms with E-state index in [0.29, 0.717) is 6.54 Å². The van der Waals surface area contributed by atoms with Gasteiger partial charge in [-0.05, 0) is 42.0 Å². The minimum absolute atomic E-state index is 0.0743. The van der Waals surface area contributed by atoms with Crippen LogP contribution in [0.5, 0.6) is 5.75 Å². The fourth-order valence-corrected chi connectivity index (χ4v) is 4.61. The first-order valence-corrected chi connectivity index (χ1v) is 11.7. The van der Waals surface area contributed by atoms with E-state index in [1.165, 1.54) is 5.56 Å². The van der Waals surface area contributed by atoms with Crippen LogP contribution in [0.3, 0.4) is 0 Å². The van der Waals surface area contributed by atoms with Crippen molar-refractivity contribution in [3.8, 4) is 5.75 Å². The number of pyridine rings is 1. The third-order valence-electron chi connectivity index (χ3n) is 6.27. The lowest BCUT2D eigenvalue weighted by Gasteiger charge is -2.39. The van der Waals surface area contributed by atoms with Crippen molar-refractivity contribution in [2.24, 2.45) is 0 Å². The van der Waals surface area contributed by atoms with E-state index in [1.54, 1.807) is 12.4 Å². The SMILES string of the molecule is OC(COc1cccc2ncccc12)CN1CCN(C(c2ccccc2)c2cccnn2)CC1. The van der Waals surface area contributed by atoms with E-state index in [9.17, 15) is 5.11 Å². The molecule has 1 aliphatic rings. The summed E-state index contributed by atoms with van der Waals surface area (Å²) in [4.78, 5) is 9.11. The van der Waals surface area contributed by atoms with Gasteiger partial charge in [-0.25, -0.2) is 0 Å². The summed E-state index contributed by atoms with van der Waals surface area (Å²) in [5, 5.41) is 20.1. The molecule has 0 saturated carbocycles. The molecule has 7 nitrogen and oxygen atoms in total. The number of β-amino-alcohol motifs (C(OH)–C–C–N with tert-alkyl or cyclic N) is 1. The summed E-state index contributed by atoms with van der Waals surface area (Å²) in [6.07, 6.45) is 2.91. The van der Waals surface area contributed by atoms with Gasteiger partial charge in [0.15, 0.2) is 0 Å². The fraction of sp³-hybridized carbons (Fsp3) is 0.296. The van der Waals surface area contributed by atoms with Crippen molar-refractivity contribution in [1.29, 1.82) is 0 Å². The van der Waals surface area contributed by atoms with Crippen LogP contribution >= 0.6 is 0 Å². The van der Waals surface area contributed by atoms with E-state index in [4.69, 9.17) is 4.74 Å². The maximum absolute atomic E-state index is 10.7. The Bertz CT molecular complexity index is 1140. The van der Waals surface area contributed by atoms with Crippen molar-refractivity contribution in [1.82, 2.24) is 25.0 Å². The largest absolute Gasteiger partial charge is 0.490 e. The van der Waals surface area contributed by atoms with Crippen LogP contribution in [-0.2, 0) is 0 Å². The average molecular weight is 456 g/mol. The Morgan fingerprint density at radius 1 is 0.853 bits per heavy atom. The number of hydrogen-bond donors (Lipinski definition) is 1.